The van der Waals surface area contributed by atoms with Crippen LogP contribution in [-0.4, -0.2) is 17.1 Å². The Balaban J connectivity index is 3.07. The van der Waals surface area contributed by atoms with Crippen molar-refractivity contribution in [3.63, 3.8) is 0 Å². The number of hydrogen-bond acceptors (Lipinski definition) is 3. The number of para-hydroxylation sites is 1. The maximum Gasteiger partial charge on any atom is 0.337 e. The van der Waals surface area contributed by atoms with E-state index in [0.717, 1.165) is 5.56 Å². The maximum atomic E-state index is 10.7. The first-order chi connectivity index (χ1) is 6.52. The van der Waals surface area contributed by atoms with Crippen molar-refractivity contribution in [2.24, 2.45) is 5.73 Å². The molecule has 4 nitrogen and oxygen atoms in total. The third kappa shape index (κ3) is 2.23. The van der Waals surface area contributed by atoms with Crippen molar-refractivity contribution in [1.82, 2.24) is 0 Å². The number of benzene rings is 1. The first-order valence-corrected chi connectivity index (χ1v) is 4.38. The summed E-state index contributed by atoms with van der Waals surface area (Å²) in [6.07, 6.45) is 0.590. The lowest BCUT2D eigenvalue weighted by Gasteiger charge is -2.10. The van der Waals surface area contributed by atoms with E-state index in [2.05, 4.69) is 0 Å². The first kappa shape index (κ1) is 10.5. The Kier molecular flexibility index (Phi) is 3.09. The number of rotatable bonds is 3. The molecule has 76 valence electrons. The summed E-state index contributed by atoms with van der Waals surface area (Å²) in [6, 6.07) is 4.94. The number of anilines is 1. The fourth-order valence-corrected chi connectivity index (χ4v) is 1.32. The average Bonchev–Trinajstić information content (AvgIpc) is 2.07. The highest BCUT2D eigenvalue weighted by Gasteiger charge is 2.11. The van der Waals surface area contributed by atoms with Crippen LogP contribution < -0.4 is 11.5 Å². The molecule has 0 aromatic heterocycles. The van der Waals surface area contributed by atoms with E-state index in [0.29, 0.717) is 12.1 Å². The summed E-state index contributed by atoms with van der Waals surface area (Å²) in [7, 11) is 0. The minimum Gasteiger partial charge on any atom is -0.478 e. The summed E-state index contributed by atoms with van der Waals surface area (Å²) in [5.41, 5.74) is 12.6. The van der Waals surface area contributed by atoms with E-state index in [-0.39, 0.29) is 11.6 Å². The van der Waals surface area contributed by atoms with Gasteiger partial charge in [0.25, 0.3) is 0 Å². The zero-order valence-corrected chi connectivity index (χ0v) is 8.03. The molecule has 1 rings (SSSR count). The maximum absolute atomic E-state index is 10.7. The Bertz CT molecular complexity index is 348. The van der Waals surface area contributed by atoms with Crippen molar-refractivity contribution < 1.29 is 9.90 Å². The Morgan fingerprint density at radius 2 is 2.21 bits per heavy atom. The molecule has 0 bridgehead atoms. The minimum absolute atomic E-state index is 0.0265. The van der Waals surface area contributed by atoms with Gasteiger partial charge in [0.2, 0.25) is 0 Å². The largest absolute Gasteiger partial charge is 0.478 e. The molecule has 0 radical (unpaired) electrons. The fourth-order valence-electron chi connectivity index (χ4n) is 1.32. The lowest BCUT2D eigenvalue weighted by molar-refractivity contribution is 0.0698. The molecule has 4 heteroatoms. The highest BCUT2D eigenvalue weighted by Crippen LogP contribution is 2.18. The molecule has 0 saturated heterocycles. The van der Waals surface area contributed by atoms with Crippen LogP contribution in [0.2, 0.25) is 0 Å². The van der Waals surface area contributed by atoms with Gasteiger partial charge in [0.05, 0.1) is 5.56 Å². The van der Waals surface area contributed by atoms with E-state index >= 15 is 0 Å². The molecule has 0 aliphatic carbocycles. The standard InChI is InChI=1S/C10H14N2O2/c1-6(11)5-7-3-2-4-8(9(7)12)10(13)14/h2-4,6H,5,11-12H2,1H3,(H,13,14)/t6-/m1/s1. The van der Waals surface area contributed by atoms with Gasteiger partial charge in [-0.05, 0) is 25.0 Å². The summed E-state index contributed by atoms with van der Waals surface area (Å²) in [4.78, 5) is 10.7. The highest BCUT2D eigenvalue weighted by atomic mass is 16.4. The van der Waals surface area contributed by atoms with E-state index < -0.39 is 5.97 Å². The van der Waals surface area contributed by atoms with Gasteiger partial charge in [-0.25, -0.2) is 4.79 Å². The topological polar surface area (TPSA) is 89.3 Å². The van der Waals surface area contributed by atoms with Gasteiger partial charge in [0.1, 0.15) is 0 Å². The van der Waals surface area contributed by atoms with Crippen LogP contribution in [0.4, 0.5) is 5.69 Å². The number of nitrogens with two attached hydrogens (primary N) is 2. The molecule has 1 aromatic carbocycles. The van der Waals surface area contributed by atoms with Crippen molar-refractivity contribution in [1.29, 1.82) is 0 Å². The van der Waals surface area contributed by atoms with Crippen molar-refractivity contribution in [2.45, 2.75) is 19.4 Å². The molecule has 0 aliphatic rings. The second-order valence-electron chi connectivity index (χ2n) is 3.36. The van der Waals surface area contributed by atoms with Crippen molar-refractivity contribution in [2.75, 3.05) is 5.73 Å². The average molecular weight is 194 g/mol. The quantitative estimate of drug-likeness (QED) is 0.622. The molecule has 0 heterocycles. The molecule has 0 spiro atoms. The van der Waals surface area contributed by atoms with E-state index in [9.17, 15) is 4.79 Å². The van der Waals surface area contributed by atoms with Crippen LogP contribution >= 0.6 is 0 Å². The molecule has 0 aliphatic heterocycles. The molecular formula is C10H14N2O2. The summed E-state index contributed by atoms with van der Waals surface area (Å²) >= 11 is 0. The SMILES string of the molecule is C[C@@H](N)Cc1cccc(C(=O)O)c1N. The lowest BCUT2D eigenvalue weighted by Crippen LogP contribution is -2.19. The minimum atomic E-state index is -1.01. The molecule has 0 unspecified atom stereocenters. The number of carboxylic acid groups (broad SMARTS) is 1. The van der Waals surface area contributed by atoms with Crippen LogP contribution in [0.15, 0.2) is 18.2 Å². The van der Waals surface area contributed by atoms with Crippen LogP contribution in [0.3, 0.4) is 0 Å². The van der Waals surface area contributed by atoms with Gasteiger partial charge in [-0.2, -0.15) is 0 Å². The molecular weight excluding hydrogens is 180 g/mol. The van der Waals surface area contributed by atoms with Crippen molar-refractivity contribution in [3.8, 4) is 0 Å². The van der Waals surface area contributed by atoms with E-state index in [1.807, 2.05) is 6.92 Å². The molecule has 14 heavy (non-hydrogen) atoms. The Hall–Kier alpha value is -1.55. The summed E-state index contributed by atoms with van der Waals surface area (Å²) < 4.78 is 0. The number of aromatic carboxylic acids is 1. The van der Waals surface area contributed by atoms with E-state index in [4.69, 9.17) is 16.6 Å². The van der Waals surface area contributed by atoms with Crippen LogP contribution in [0.5, 0.6) is 0 Å². The van der Waals surface area contributed by atoms with Gasteiger partial charge in [-0.1, -0.05) is 12.1 Å². The smallest absolute Gasteiger partial charge is 0.337 e. The predicted octanol–water partition coefficient (Wildman–Crippen LogP) is 0.857. The Morgan fingerprint density at radius 3 is 2.71 bits per heavy atom. The number of carboxylic acids is 1. The molecule has 0 fully saturated rings. The summed E-state index contributed by atoms with van der Waals surface area (Å²) in [5, 5.41) is 8.81. The van der Waals surface area contributed by atoms with Crippen LogP contribution in [0, 0.1) is 0 Å². The fraction of sp³-hybridized carbons (Fsp3) is 0.300. The Morgan fingerprint density at radius 1 is 1.57 bits per heavy atom. The first-order valence-electron chi connectivity index (χ1n) is 4.38. The van der Waals surface area contributed by atoms with Crippen molar-refractivity contribution in [3.05, 3.63) is 29.3 Å². The molecule has 1 aromatic rings. The van der Waals surface area contributed by atoms with Gasteiger partial charge < -0.3 is 16.6 Å². The molecule has 5 N–H and O–H groups in total. The van der Waals surface area contributed by atoms with Gasteiger partial charge in [-0.3, -0.25) is 0 Å². The highest BCUT2D eigenvalue weighted by molar-refractivity contribution is 5.94. The monoisotopic (exact) mass is 194 g/mol. The van der Waals surface area contributed by atoms with Gasteiger partial charge in [0.15, 0.2) is 0 Å². The van der Waals surface area contributed by atoms with Crippen molar-refractivity contribution >= 4 is 11.7 Å². The normalized spacial score (nSPS) is 12.4. The van der Waals surface area contributed by atoms with Crippen LogP contribution in [-0.2, 0) is 6.42 Å². The van der Waals surface area contributed by atoms with Crippen LogP contribution in [0.25, 0.3) is 0 Å². The molecule has 0 saturated carbocycles. The second-order valence-corrected chi connectivity index (χ2v) is 3.36. The Labute approximate surface area is 82.5 Å². The lowest BCUT2D eigenvalue weighted by atomic mass is 10.0. The van der Waals surface area contributed by atoms with Gasteiger partial charge in [-0.15, -0.1) is 0 Å². The third-order valence-corrected chi connectivity index (χ3v) is 1.97. The van der Waals surface area contributed by atoms with E-state index in [1.54, 1.807) is 12.1 Å². The summed E-state index contributed by atoms with van der Waals surface area (Å²) in [5.74, 6) is -1.01. The predicted molar refractivity (Wildman–Crippen MR) is 55.2 cm³/mol. The number of nitrogen functional groups attached to an aromatic ring is 1. The molecule has 0 amide bonds. The molecule has 1 atom stereocenters. The zero-order chi connectivity index (χ0) is 10.7. The van der Waals surface area contributed by atoms with Gasteiger partial charge in [0, 0.05) is 11.7 Å². The summed E-state index contributed by atoms with van der Waals surface area (Å²) in [6.45, 7) is 1.85. The third-order valence-electron chi connectivity index (χ3n) is 1.97. The second kappa shape index (κ2) is 4.11. The van der Waals surface area contributed by atoms with Crippen LogP contribution in [0.1, 0.15) is 22.8 Å². The number of hydrogen-bond donors (Lipinski definition) is 3. The van der Waals surface area contributed by atoms with Gasteiger partial charge >= 0.3 is 5.97 Å². The zero-order valence-electron chi connectivity index (χ0n) is 8.03. The number of carbonyl (C=O) groups is 1. The van der Waals surface area contributed by atoms with E-state index in [1.165, 1.54) is 6.07 Å².